The van der Waals surface area contributed by atoms with Gasteiger partial charge in [-0.05, 0) is 37.3 Å². The van der Waals surface area contributed by atoms with Gasteiger partial charge in [0.25, 0.3) is 0 Å². The number of piperidine rings is 3. The van der Waals surface area contributed by atoms with E-state index in [1.165, 1.54) is 12.7 Å². The molecule has 5 heterocycles. The number of hydrogen-bond acceptors (Lipinski definition) is 7. The Bertz CT molecular complexity index is 723. The number of sulfonamides is 1. The molecule has 4 saturated heterocycles. The number of nitrogens with one attached hydrogen (secondary N) is 1. The SMILES string of the molecule is CS(=O)(=O)NC[C@@H]1C[C@H]2CCN1C[C@@H]2CN1CCN(c2ncccn2)CC1. The Balaban J connectivity index is 1.26. The van der Waals surface area contributed by atoms with Gasteiger partial charge in [-0.15, -0.1) is 0 Å². The Kier molecular flexibility index (Phi) is 5.63. The molecule has 0 amide bonds. The quantitative estimate of drug-likeness (QED) is 0.719. The van der Waals surface area contributed by atoms with E-state index in [4.69, 9.17) is 0 Å². The van der Waals surface area contributed by atoms with E-state index in [1.54, 1.807) is 12.4 Å². The first-order valence-electron chi connectivity index (χ1n) is 9.91. The van der Waals surface area contributed by atoms with Gasteiger partial charge in [-0.3, -0.25) is 9.80 Å². The van der Waals surface area contributed by atoms with Crippen molar-refractivity contribution in [3.05, 3.63) is 18.5 Å². The molecule has 5 rings (SSSR count). The molecule has 0 aromatic carbocycles. The fourth-order valence-corrected chi connectivity index (χ4v) is 5.33. The molecule has 4 aliphatic heterocycles. The van der Waals surface area contributed by atoms with E-state index in [-0.39, 0.29) is 0 Å². The molecule has 1 N–H and O–H groups in total. The second-order valence-corrected chi connectivity index (χ2v) is 9.98. The lowest BCUT2D eigenvalue weighted by Gasteiger charge is -2.51. The Hall–Kier alpha value is -1.29. The second-order valence-electron chi connectivity index (χ2n) is 8.15. The summed E-state index contributed by atoms with van der Waals surface area (Å²) >= 11 is 0. The number of aromatic nitrogens is 2. The minimum Gasteiger partial charge on any atom is -0.338 e. The van der Waals surface area contributed by atoms with E-state index in [0.717, 1.165) is 64.1 Å². The molecular weight excluding hydrogens is 364 g/mol. The highest BCUT2D eigenvalue weighted by Crippen LogP contribution is 2.36. The van der Waals surface area contributed by atoms with E-state index in [1.807, 2.05) is 6.07 Å². The summed E-state index contributed by atoms with van der Waals surface area (Å²) in [5.74, 6) is 2.26. The summed E-state index contributed by atoms with van der Waals surface area (Å²) in [6.07, 6.45) is 7.21. The van der Waals surface area contributed by atoms with Crippen LogP contribution in [0.3, 0.4) is 0 Å². The molecule has 0 radical (unpaired) electrons. The molecule has 0 saturated carbocycles. The van der Waals surface area contributed by atoms with Crippen molar-refractivity contribution in [2.24, 2.45) is 11.8 Å². The van der Waals surface area contributed by atoms with Crippen LogP contribution in [0.25, 0.3) is 0 Å². The van der Waals surface area contributed by atoms with Gasteiger partial charge in [0, 0.05) is 64.2 Å². The van der Waals surface area contributed by atoms with Gasteiger partial charge in [0.2, 0.25) is 16.0 Å². The zero-order valence-corrected chi connectivity index (χ0v) is 16.8. The van der Waals surface area contributed by atoms with E-state index in [9.17, 15) is 8.42 Å². The third-order valence-electron chi connectivity index (χ3n) is 6.30. The standard InChI is InChI=1S/C18H30N6O2S/c1-27(25,26)21-12-17-11-15-3-6-24(17)14-16(15)13-22-7-9-23(10-8-22)18-19-4-2-5-20-18/h2,4-5,15-17,21H,3,6-14H2,1H3/t15-,16+,17+/m1/s1. The van der Waals surface area contributed by atoms with Gasteiger partial charge in [-0.1, -0.05) is 0 Å². The summed E-state index contributed by atoms with van der Waals surface area (Å²) in [6, 6.07) is 2.22. The van der Waals surface area contributed by atoms with Gasteiger partial charge >= 0.3 is 0 Å². The van der Waals surface area contributed by atoms with Crippen molar-refractivity contribution in [2.45, 2.75) is 18.9 Å². The molecule has 1 unspecified atom stereocenters. The predicted molar refractivity (Wildman–Crippen MR) is 105 cm³/mol. The zero-order chi connectivity index (χ0) is 18.9. The third-order valence-corrected chi connectivity index (χ3v) is 6.99. The molecule has 0 aliphatic carbocycles. The normalized spacial score (nSPS) is 32.0. The van der Waals surface area contributed by atoms with Crippen LogP contribution >= 0.6 is 0 Å². The molecule has 4 atom stereocenters. The predicted octanol–water partition coefficient (Wildman–Crippen LogP) is -0.142. The summed E-state index contributed by atoms with van der Waals surface area (Å²) in [7, 11) is -3.10. The van der Waals surface area contributed by atoms with Crippen molar-refractivity contribution in [1.29, 1.82) is 0 Å². The fourth-order valence-electron chi connectivity index (χ4n) is 4.83. The van der Waals surface area contributed by atoms with Crippen LogP contribution in [0.1, 0.15) is 12.8 Å². The molecule has 9 heteroatoms. The summed E-state index contributed by atoms with van der Waals surface area (Å²) < 4.78 is 25.5. The number of anilines is 1. The Morgan fingerprint density at radius 3 is 2.52 bits per heavy atom. The number of fused-ring (bicyclic) bond motifs is 3. The van der Waals surface area contributed by atoms with Gasteiger partial charge in [0.1, 0.15) is 0 Å². The summed E-state index contributed by atoms with van der Waals surface area (Å²) in [4.78, 5) is 16.1. The highest BCUT2D eigenvalue weighted by molar-refractivity contribution is 7.88. The van der Waals surface area contributed by atoms with Crippen LogP contribution in [0, 0.1) is 11.8 Å². The maximum absolute atomic E-state index is 11.4. The highest BCUT2D eigenvalue weighted by atomic mass is 32.2. The first-order chi connectivity index (χ1) is 13.0. The second kappa shape index (κ2) is 7.98. The van der Waals surface area contributed by atoms with Gasteiger partial charge in [0.15, 0.2) is 0 Å². The Morgan fingerprint density at radius 1 is 1.15 bits per heavy atom. The van der Waals surface area contributed by atoms with Crippen molar-refractivity contribution in [2.75, 3.05) is 63.5 Å². The van der Waals surface area contributed by atoms with Crippen LogP contribution in [0.5, 0.6) is 0 Å². The van der Waals surface area contributed by atoms with E-state index < -0.39 is 10.0 Å². The Morgan fingerprint density at radius 2 is 1.89 bits per heavy atom. The summed E-state index contributed by atoms with van der Waals surface area (Å²) in [6.45, 7) is 7.98. The third kappa shape index (κ3) is 4.77. The molecule has 150 valence electrons. The van der Waals surface area contributed by atoms with E-state index in [0.29, 0.717) is 18.5 Å². The van der Waals surface area contributed by atoms with Crippen molar-refractivity contribution >= 4 is 16.0 Å². The maximum Gasteiger partial charge on any atom is 0.225 e. The lowest BCUT2D eigenvalue weighted by Crippen LogP contribution is -2.59. The molecule has 1 aromatic heterocycles. The maximum atomic E-state index is 11.4. The lowest BCUT2D eigenvalue weighted by molar-refractivity contribution is -0.0108. The molecule has 4 fully saturated rings. The van der Waals surface area contributed by atoms with Crippen LogP contribution in [-0.4, -0.2) is 92.8 Å². The molecule has 0 spiro atoms. The molecule has 8 nitrogen and oxygen atoms in total. The minimum absolute atomic E-state index is 0.363. The number of hydrogen-bond donors (Lipinski definition) is 1. The summed E-state index contributed by atoms with van der Waals surface area (Å²) in [5, 5.41) is 0. The first kappa shape index (κ1) is 19.0. The number of piperazine rings is 1. The minimum atomic E-state index is -3.10. The van der Waals surface area contributed by atoms with Gasteiger partial charge in [0.05, 0.1) is 6.26 Å². The monoisotopic (exact) mass is 394 g/mol. The lowest BCUT2D eigenvalue weighted by atomic mass is 9.75. The van der Waals surface area contributed by atoms with E-state index in [2.05, 4.69) is 29.4 Å². The molecule has 1 aromatic rings. The van der Waals surface area contributed by atoms with Crippen LogP contribution in [0.2, 0.25) is 0 Å². The molecule has 4 aliphatic rings. The molecule has 2 bridgehead atoms. The topological polar surface area (TPSA) is 81.7 Å². The number of rotatable bonds is 6. The van der Waals surface area contributed by atoms with Crippen molar-refractivity contribution < 1.29 is 8.42 Å². The van der Waals surface area contributed by atoms with Crippen molar-refractivity contribution in [3.63, 3.8) is 0 Å². The average Bonchev–Trinajstić information content (AvgIpc) is 2.68. The average molecular weight is 395 g/mol. The molecular formula is C18H30N6O2S. The van der Waals surface area contributed by atoms with Crippen LogP contribution in [0.4, 0.5) is 5.95 Å². The van der Waals surface area contributed by atoms with Gasteiger partial charge in [-0.2, -0.15) is 0 Å². The zero-order valence-electron chi connectivity index (χ0n) is 16.0. The first-order valence-corrected chi connectivity index (χ1v) is 11.8. The highest BCUT2D eigenvalue weighted by Gasteiger charge is 2.40. The van der Waals surface area contributed by atoms with Crippen LogP contribution in [0.15, 0.2) is 18.5 Å². The summed E-state index contributed by atoms with van der Waals surface area (Å²) in [5.41, 5.74) is 0. The fraction of sp³-hybridized carbons (Fsp3) is 0.778. The molecule has 27 heavy (non-hydrogen) atoms. The number of nitrogens with zero attached hydrogens (tertiary/aromatic N) is 5. The van der Waals surface area contributed by atoms with Crippen LogP contribution < -0.4 is 9.62 Å². The van der Waals surface area contributed by atoms with Gasteiger partial charge < -0.3 is 4.90 Å². The smallest absolute Gasteiger partial charge is 0.225 e. The van der Waals surface area contributed by atoms with E-state index >= 15 is 0 Å². The van der Waals surface area contributed by atoms with Crippen LogP contribution in [-0.2, 0) is 10.0 Å². The Labute approximate surface area is 162 Å². The van der Waals surface area contributed by atoms with Crippen molar-refractivity contribution in [1.82, 2.24) is 24.5 Å². The largest absolute Gasteiger partial charge is 0.338 e. The van der Waals surface area contributed by atoms with Crippen molar-refractivity contribution in [3.8, 4) is 0 Å². The van der Waals surface area contributed by atoms with Gasteiger partial charge in [-0.25, -0.2) is 23.1 Å².